The topological polar surface area (TPSA) is 0 Å². The van der Waals surface area contributed by atoms with Gasteiger partial charge in [0.25, 0.3) is 0 Å². The maximum Gasteiger partial charge on any atom is 0.00244 e. The van der Waals surface area contributed by atoms with Crippen molar-refractivity contribution in [3.8, 4) is 0 Å². The molecule has 0 atom stereocenters. The van der Waals surface area contributed by atoms with E-state index in [-0.39, 0.29) is 0 Å². The zero-order valence-corrected chi connectivity index (χ0v) is 12.0. The standard InChI is InChI=1S/C13H10.C2H8Si/c1-4-10-6-2-8-12-9-3-7-11(5-1)13(10)12;1-2-3/h1-8H,9H2;2H2,1,3H3. The fourth-order valence-electron chi connectivity index (χ4n) is 2.07. The van der Waals surface area contributed by atoms with Crippen LogP contribution in [0.3, 0.4) is 0 Å². The summed E-state index contributed by atoms with van der Waals surface area (Å²) < 4.78 is 0. The van der Waals surface area contributed by atoms with Crippen LogP contribution >= 0.6 is 0 Å². The van der Waals surface area contributed by atoms with Crippen LogP contribution in [0.15, 0.2) is 42.5 Å². The normalized spacial score (nSPS) is 12.3. The van der Waals surface area contributed by atoms with Crippen LogP contribution in [0.5, 0.6) is 0 Å². The number of allylic oxidation sites excluding steroid dienone is 1. The lowest BCUT2D eigenvalue weighted by Crippen LogP contribution is -1.91. The first-order valence-electron chi connectivity index (χ1n) is 6.04. The van der Waals surface area contributed by atoms with Gasteiger partial charge in [0.2, 0.25) is 0 Å². The summed E-state index contributed by atoms with van der Waals surface area (Å²) in [5.41, 5.74) is 2.81. The molecule has 0 nitrogen and oxygen atoms in total. The average Bonchev–Trinajstić information content (AvgIpc) is 2.31. The lowest BCUT2D eigenvalue weighted by molar-refractivity contribution is 1.29. The summed E-state index contributed by atoms with van der Waals surface area (Å²) in [4.78, 5) is 0. The molecule has 3 rings (SSSR count). The molecule has 0 bridgehead atoms. The van der Waals surface area contributed by atoms with E-state index in [1.807, 2.05) is 0 Å². The Hall–Kier alpha value is -1.34. The Morgan fingerprint density at radius 1 is 1.12 bits per heavy atom. The molecule has 0 fully saturated rings. The maximum atomic E-state index is 2.23. The van der Waals surface area contributed by atoms with E-state index in [9.17, 15) is 0 Å². The Bertz CT molecular complexity index is 507. The first-order chi connectivity index (χ1) is 7.86. The van der Waals surface area contributed by atoms with Crippen LogP contribution in [0, 0.1) is 0 Å². The van der Waals surface area contributed by atoms with E-state index in [1.165, 1.54) is 38.2 Å². The predicted octanol–water partition coefficient (Wildman–Crippen LogP) is 3.20. The zero-order chi connectivity index (χ0) is 11.4. The van der Waals surface area contributed by atoms with Gasteiger partial charge in [0, 0.05) is 10.2 Å². The van der Waals surface area contributed by atoms with E-state index in [0.717, 1.165) is 6.42 Å². The molecule has 1 heteroatoms. The molecule has 2 aromatic rings. The third-order valence-electron chi connectivity index (χ3n) is 2.66. The highest BCUT2D eigenvalue weighted by molar-refractivity contribution is 6.08. The van der Waals surface area contributed by atoms with Gasteiger partial charge in [-0.3, -0.25) is 0 Å². The lowest BCUT2D eigenvalue weighted by Gasteiger charge is -2.11. The van der Waals surface area contributed by atoms with Crippen molar-refractivity contribution in [2.75, 3.05) is 0 Å². The van der Waals surface area contributed by atoms with E-state index in [0.29, 0.717) is 0 Å². The Balaban J connectivity index is 0.000000292. The van der Waals surface area contributed by atoms with Crippen LogP contribution in [0.1, 0.15) is 18.1 Å². The largest absolute Gasteiger partial charge is 0.0795 e. The van der Waals surface area contributed by atoms with Crippen molar-refractivity contribution in [3.05, 3.63) is 53.6 Å². The molecule has 16 heavy (non-hydrogen) atoms. The molecule has 1 aliphatic rings. The summed E-state index contributed by atoms with van der Waals surface area (Å²) in [5.74, 6) is 0. The van der Waals surface area contributed by atoms with Crippen LogP contribution in [-0.4, -0.2) is 10.2 Å². The predicted molar refractivity (Wildman–Crippen MR) is 77.1 cm³/mol. The first-order valence-corrected chi connectivity index (χ1v) is 7.45. The molecule has 0 radical (unpaired) electrons. The molecule has 0 spiro atoms. The van der Waals surface area contributed by atoms with Gasteiger partial charge in [0.15, 0.2) is 0 Å². The van der Waals surface area contributed by atoms with E-state index in [4.69, 9.17) is 0 Å². The highest BCUT2D eigenvalue weighted by atomic mass is 28.1. The zero-order valence-electron chi connectivity index (χ0n) is 10.0. The van der Waals surface area contributed by atoms with Gasteiger partial charge in [-0.25, -0.2) is 0 Å². The van der Waals surface area contributed by atoms with Crippen molar-refractivity contribution in [1.82, 2.24) is 0 Å². The van der Waals surface area contributed by atoms with E-state index in [1.54, 1.807) is 0 Å². The Morgan fingerprint density at radius 2 is 1.81 bits per heavy atom. The van der Waals surface area contributed by atoms with Gasteiger partial charge in [0.05, 0.1) is 0 Å². The van der Waals surface area contributed by atoms with Crippen LogP contribution in [0.2, 0.25) is 6.04 Å². The van der Waals surface area contributed by atoms with Crippen LogP contribution in [-0.2, 0) is 6.42 Å². The second-order valence-corrected chi connectivity index (χ2v) is 5.59. The fourth-order valence-corrected chi connectivity index (χ4v) is 2.07. The summed E-state index contributed by atoms with van der Waals surface area (Å²) in [6.07, 6.45) is 5.53. The Morgan fingerprint density at radius 3 is 2.56 bits per heavy atom. The second-order valence-electron chi connectivity index (χ2n) is 4.18. The summed E-state index contributed by atoms with van der Waals surface area (Å²) in [5, 5.41) is 2.80. The van der Waals surface area contributed by atoms with Crippen LogP contribution < -0.4 is 0 Å². The minimum atomic E-state index is 1.08. The molecule has 0 saturated heterocycles. The van der Waals surface area contributed by atoms with Gasteiger partial charge in [-0.2, -0.15) is 0 Å². The molecule has 2 aromatic carbocycles. The van der Waals surface area contributed by atoms with Gasteiger partial charge in [-0.15, -0.1) is 0 Å². The molecule has 0 aliphatic heterocycles. The number of rotatable bonds is 0. The lowest BCUT2D eigenvalue weighted by atomic mass is 9.93. The Kier molecular flexibility index (Phi) is 3.57. The quantitative estimate of drug-likeness (QED) is 0.605. The molecule has 0 N–H and O–H groups in total. The van der Waals surface area contributed by atoms with Crippen LogP contribution in [0.4, 0.5) is 0 Å². The van der Waals surface area contributed by atoms with Crippen molar-refractivity contribution in [2.45, 2.75) is 19.4 Å². The monoisotopic (exact) mass is 226 g/mol. The molecule has 0 aromatic heterocycles. The number of hydrogen-bond donors (Lipinski definition) is 0. The van der Waals surface area contributed by atoms with E-state index >= 15 is 0 Å². The molecule has 1 aliphatic carbocycles. The molecule has 82 valence electrons. The Labute approximate surface area is 100 Å². The van der Waals surface area contributed by atoms with Gasteiger partial charge in [-0.1, -0.05) is 61.5 Å². The molecule has 0 unspecified atom stereocenters. The van der Waals surface area contributed by atoms with Crippen molar-refractivity contribution in [3.63, 3.8) is 0 Å². The maximum absolute atomic E-state index is 2.23. The number of hydrogen-bond acceptors (Lipinski definition) is 0. The van der Waals surface area contributed by atoms with E-state index in [2.05, 4.69) is 55.5 Å². The third-order valence-corrected chi connectivity index (χ3v) is 2.66. The molecular weight excluding hydrogens is 208 g/mol. The van der Waals surface area contributed by atoms with Gasteiger partial charge < -0.3 is 0 Å². The number of benzene rings is 2. The summed E-state index contributed by atoms with van der Waals surface area (Å²) in [6.45, 7) is 2.19. The fraction of sp³-hybridized carbons (Fsp3) is 0.200. The third kappa shape index (κ3) is 2.09. The first kappa shape index (κ1) is 11.2. The van der Waals surface area contributed by atoms with Gasteiger partial charge >= 0.3 is 0 Å². The summed E-state index contributed by atoms with van der Waals surface area (Å²) in [6, 6.07) is 14.4. The van der Waals surface area contributed by atoms with Crippen molar-refractivity contribution >= 4 is 27.1 Å². The highest BCUT2D eigenvalue weighted by Gasteiger charge is 2.06. The smallest absolute Gasteiger partial charge is 0.00244 e. The molecule has 0 heterocycles. The van der Waals surface area contributed by atoms with Crippen molar-refractivity contribution in [2.24, 2.45) is 0 Å². The average molecular weight is 226 g/mol. The van der Waals surface area contributed by atoms with Crippen molar-refractivity contribution in [1.29, 1.82) is 0 Å². The minimum Gasteiger partial charge on any atom is -0.0795 e. The van der Waals surface area contributed by atoms with Gasteiger partial charge in [0.1, 0.15) is 0 Å². The second kappa shape index (κ2) is 5.13. The van der Waals surface area contributed by atoms with Crippen molar-refractivity contribution < 1.29 is 0 Å². The van der Waals surface area contributed by atoms with Crippen LogP contribution in [0.25, 0.3) is 16.8 Å². The van der Waals surface area contributed by atoms with Gasteiger partial charge in [-0.05, 0) is 28.3 Å². The molecular formula is C15H18Si. The highest BCUT2D eigenvalue weighted by Crippen LogP contribution is 2.27. The van der Waals surface area contributed by atoms with E-state index < -0.39 is 0 Å². The summed E-state index contributed by atoms with van der Waals surface area (Å²) >= 11 is 0. The SMILES string of the molecule is C1=Cc2cccc3cccc(c23)C1.CC[SiH3]. The minimum absolute atomic E-state index is 1.08. The molecule has 0 amide bonds. The summed E-state index contributed by atoms with van der Waals surface area (Å²) in [7, 11) is 1.37. The molecule has 0 saturated carbocycles.